The molecule has 136 valence electrons. The van der Waals surface area contributed by atoms with Crippen molar-refractivity contribution in [3.05, 3.63) is 42.7 Å². The molecule has 1 saturated heterocycles. The molecular weight excluding hydrogens is 328 g/mol. The maximum Gasteiger partial charge on any atom is 0.215 e. The van der Waals surface area contributed by atoms with Crippen molar-refractivity contribution in [3.63, 3.8) is 0 Å². The average Bonchev–Trinajstić information content (AvgIpc) is 3.17. The minimum atomic E-state index is 0.658. The Bertz CT molecular complexity index is 813. The summed E-state index contributed by atoms with van der Waals surface area (Å²) in [5, 5.41) is 7.84. The van der Waals surface area contributed by atoms with E-state index in [1.165, 1.54) is 0 Å². The second-order valence-electron chi connectivity index (χ2n) is 6.53. The van der Waals surface area contributed by atoms with E-state index in [1.54, 1.807) is 6.20 Å². The zero-order chi connectivity index (χ0) is 17.6. The summed E-state index contributed by atoms with van der Waals surface area (Å²) in [5.41, 5.74) is 0.772. The highest BCUT2D eigenvalue weighted by molar-refractivity contribution is 5.74. The molecule has 0 aromatic carbocycles. The van der Waals surface area contributed by atoms with Gasteiger partial charge >= 0.3 is 0 Å². The number of hydrogen-bond acceptors (Lipinski definition) is 6. The number of pyridine rings is 2. The molecule has 1 aliphatic heterocycles. The lowest BCUT2D eigenvalue weighted by Gasteiger charge is -2.35. The van der Waals surface area contributed by atoms with E-state index in [-0.39, 0.29) is 0 Å². The number of nitrogens with one attached hydrogen (secondary N) is 1. The third-order valence-electron chi connectivity index (χ3n) is 4.74. The van der Waals surface area contributed by atoms with Gasteiger partial charge in [0.25, 0.3) is 0 Å². The van der Waals surface area contributed by atoms with Crippen LogP contribution in [0.2, 0.25) is 0 Å². The van der Waals surface area contributed by atoms with E-state index in [9.17, 15) is 0 Å². The SMILES string of the molecule is c1ccc(N2CCN(CCCCOc3ccc4cn[nH]c4n3)CC2)nc1. The van der Waals surface area contributed by atoms with Crippen LogP contribution >= 0.6 is 0 Å². The van der Waals surface area contributed by atoms with Crippen LogP contribution in [0.1, 0.15) is 12.8 Å². The zero-order valence-corrected chi connectivity index (χ0v) is 14.8. The van der Waals surface area contributed by atoms with Gasteiger partial charge in [-0.25, -0.2) is 4.98 Å². The van der Waals surface area contributed by atoms with Crippen LogP contribution in [-0.4, -0.2) is 64.4 Å². The van der Waals surface area contributed by atoms with Crippen molar-refractivity contribution >= 4 is 16.9 Å². The number of rotatable bonds is 7. The second kappa shape index (κ2) is 8.14. The Morgan fingerprint density at radius 1 is 1.04 bits per heavy atom. The molecule has 0 bridgehead atoms. The predicted octanol–water partition coefficient (Wildman–Crippen LogP) is 2.33. The van der Waals surface area contributed by atoms with E-state index in [1.807, 2.05) is 30.5 Å². The molecular formula is C19H24N6O. The minimum absolute atomic E-state index is 0.658. The van der Waals surface area contributed by atoms with E-state index in [0.29, 0.717) is 12.5 Å². The maximum absolute atomic E-state index is 5.75. The third-order valence-corrected chi connectivity index (χ3v) is 4.74. The molecule has 0 aliphatic carbocycles. The molecule has 0 radical (unpaired) electrons. The van der Waals surface area contributed by atoms with Crippen LogP contribution in [0, 0.1) is 0 Å². The van der Waals surface area contributed by atoms with Gasteiger partial charge < -0.3 is 9.64 Å². The van der Waals surface area contributed by atoms with Gasteiger partial charge in [-0.2, -0.15) is 10.1 Å². The number of fused-ring (bicyclic) bond motifs is 1. The lowest BCUT2D eigenvalue weighted by molar-refractivity contribution is 0.236. The van der Waals surface area contributed by atoms with E-state index >= 15 is 0 Å². The number of H-pyrrole nitrogens is 1. The summed E-state index contributed by atoms with van der Waals surface area (Å²) in [6, 6.07) is 9.97. The fourth-order valence-corrected chi connectivity index (χ4v) is 3.24. The predicted molar refractivity (Wildman–Crippen MR) is 102 cm³/mol. The zero-order valence-electron chi connectivity index (χ0n) is 14.8. The standard InChI is InChI=1S/C19H24N6O/c1-2-8-20-17(5-1)25-12-10-24(11-13-25)9-3-4-14-26-18-7-6-16-15-21-23-19(16)22-18/h1-2,5-8,15H,3-4,9-14H2,(H,21,22,23). The number of piperazine rings is 1. The molecule has 0 saturated carbocycles. The Kier molecular flexibility index (Phi) is 5.25. The normalized spacial score (nSPS) is 15.5. The first-order chi connectivity index (χ1) is 12.9. The van der Waals surface area contributed by atoms with Gasteiger partial charge in [0.1, 0.15) is 5.82 Å². The Morgan fingerprint density at radius 3 is 2.81 bits per heavy atom. The summed E-state index contributed by atoms with van der Waals surface area (Å²) in [6.07, 6.45) is 5.79. The summed E-state index contributed by atoms with van der Waals surface area (Å²) in [6.45, 7) is 6.08. The molecule has 3 aromatic heterocycles. The van der Waals surface area contributed by atoms with E-state index in [4.69, 9.17) is 4.74 Å². The van der Waals surface area contributed by atoms with Crippen molar-refractivity contribution in [1.82, 2.24) is 25.1 Å². The van der Waals surface area contributed by atoms with Crippen LogP contribution in [0.5, 0.6) is 5.88 Å². The van der Waals surface area contributed by atoms with Crippen molar-refractivity contribution in [2.75, 3.05) is 44.2 Å². The van der Waals surface area contributed by atoms with Gasteiger partial charge in [-0.15, -0.1) is 0 Å². The Hall–Kier alpha value is -2.67. The number of nitrogens with zero attached hydrogens (tertiary/aromatic N) is 5. The molecule has 1 aliphatic rings. The Balaban J connectivity index is 1.13. The minimum Gasteiger partial charge on any atom is -0.478 e. The van der Waals surface area contributed by atoms with Crippen molar-refractivity contribution in [2.45, 2.75) is 12.8 Å². The highest BCUT2D eigenvalue weighted by atomic mass is 16.5. The summed E-state index contributed by atoms with van der Waals surface area (Å²) in [7, 11) is 0. The number of anilines is 1. The van der Waals surface area contributed by atoms with Gasteiger partial charge in [0.2, 0.25) is 5.88 Å². The molecule has 4 rings (SSSR count). The number of hydrogen-bond donors (Lipinski definition) is 1. The van der Waals surface area contributed by atoms with Crippen LogP contribution in [0.3, 0.4) is 0 Å². The summed E-state index contributed by atoms with van der Waals surface area (Å²) in [4.78, 5) is 13.7. The van der Waals surface area contributed by atoms with E-state index in [2.05, 4.69) is 36.0 Å². The Morgan fingerprint density at radius 2 is 1.96 bits per heavy atom. The van der Waals surface area contributed by atoms with Crippen molar-refractivity contribution in [2.24, 2.45) is 0 Å². The van der Waals surface area contributed by atoms with E-state index in [0.717, 1.165) is 62.4 Å². The Labute approximate surface area is 153 Å². The highest BCUT2D eigenvalue weighted by Gasteiger charge is 2.17. The van der Waals surface area contributed by atoms with Gasteiger partial charge in [0, 0.05) is 43.8 Å². The lowest BCUT2D eigenvalue weighted by atomic mass is 10.2. The fourth-order valence-electron chi connectivity index (χ4n) is 3.24. The molecule has 7 nitrogen and oxygen atoms in total. The van der Waals surface area contributed by atoms with E-state index < -0.39 is 0 Å². The molecule has 0 unspecified atom stereocenters. The maximum atomic E-state index is 5.75. The number of aromatic nitrogens is 4. The summed E-state index contributed by atoms with van der Waals surface area (Å²) in [5.74, 6) is 1.74. The van der Waals surface area contributed by atoms with Crippen molar-refractivity contribution in [3.8, 4) is 5.88 Å². The van der Waals surface area contributed by atoms with Crippen molar-refractivity contribution in [1.29, 1.82) is 0 Å². The van der Waals surface area contributed by atoms with Crippen LogP contribution < -0.4 is 9.64 Å². The largest absolute Gasteiger partial charge is 0.478 e. The van der Waals surface area contributed by atoms with Crippen LogP contribution in [0.15, 0.2) is 42.7 Å². The monoisotopic (exact) mass is 352 g/mol. The van der Waals surface area contributed by atoms with Crippen LogP contribution in [0.4, 0.5) is 5.82 Å². The molecule has 1 fully saturated rings. The van der Waals surface area contributed by atoms with Gasteiger partial charge in [-0.3, -0.25) is 10.00 Å². The van der Waals surface area contributed by atoms with Gasteiger partial charge in [-0.1, -0.05) is 6.07 Å². The molecule has 0 spiro atoms. The summed E-state index contributed by atoms with van der Waals surface area (Å²) < 4.78 is 5.75. The molecule has 0 amide bonds. The van der Waals surface area contributed by atoms with Gasteiger partial charge in [0.15, 0.2) is 5.65 Å². The molecule has 7 heteroatoms. The van der Waals surface area contributed by atoms with Crippen LogP contribution in [0.25, 0.3) is 11.0 Å². The second-order valence-corrected chi connectivity index (χ2v) is 6.53. The quantitative estimate of drug-likeness (QED) is 0.658. The van der Waals surface area contributed by atoms with Crippen LogP contribution in [-0.2, 0) is 0 Å². The first-order valence-electron chi connectivity index (χ1n) is 9.20. The average molecular weight is 352 g/mol. The smallest absolute Gasteiger partial charge is 0.215 e. The molecule has 0 atom stereocenters. The van der Waals surface area contributed by atoms with Crippen molar-refractivity contribution < 1.29 is 4.74 Å². The first kappa shape index (κ1) is 16.8. The number of unbranched alkanes of at least 4 members (excludes halogenated alkanes) is 1. The molecule has 3 aromatic rings. The number of aromatic amines is 1. The molecule has 26 heavy (non-hydrogen) atoms. The third kappa shape index (κ3) is 4.11. The van der Waals surface area contributed by atoms with Gasteiger partial charge in [0.05, 0.1) is 12.8 Å². The first-order valence-corrected chi connectivity index (χ1v) is 9.20. The topological polar surface area (TPSA) is 70.2 Å². The summed E-state index contributed by atoms with van der Waals surface area (Å²) >= 11 is 0. The number of ether oxygens (including phenoxy) is 1. The lowest BCUT2D eigenvalue weighted by Crippen LogP contribution is -2.46. The molecule has 1 N–H and O–H groups in total. The molecule has 4 heterocycles. The van der Waals surface area contributed by atoms with Gasteiger partial charge in [-0.05, 0) is 37.6 Å². The highest BCUT2D eigenvalue weighted by Crippen LogP contribution is 2.15. The fraction of sp³-hybridized carbons (Fsp3) is 0.421.